The van der Waals surface area contributed by atoms with Crippen LogP contribution in [0.15, 0.2) is 18.3 Å². The molecule has 1 aromatic heterocycles. The molecule has 0 aliphatic carbocycles. The fourth-order valence-electron chi connectivity index (χ4n) is 1.09. The number of nitrogens with zero attached hydrogens (tertiary/aromatic N) is 2. The summed E-state index contributed by atoms with van der Waals surface area (Å²) in [6, 6.07) is 4.79. The summed E-state index contributed by atoms with van der Waals surface area (Å²) in [6.45, 7) is 3.80. The fraction of sp³-hybridized carbons (Fsp3) is 0.364. The lowest BCUT2D eigenvalue weighted by Gasteiger charge is -2.12. The van der Waals surface area contributed by atoms with Crippen LogP contribution in [0, 0.1) is 11.3 Å². The van der Waals surface area contributed by atoms with Gasteiger partial charge in [-0.25, -0.2) is 9.78 Å². The lowest BCUT2D eigenvalue weighted by molar-refractivity contribution is -0.143. The second kappa shape index (κ2) is 5.71. The predicted octanol–water partition coefficient (Wildman–Crippen LogP) is 1.32. The van der Waals surface area contributed by atoms with Crippen LogP contribution < -0.4 is 5.32 Å². The summed E-state index contributed by atoms with van der Waals surface area (Å²) in [7, 11) is 0. The zero-order chi connectivity index (χ0) is 12.0. The van der Waals surface area contributed by atoms with Gasteiger partial charge in [-0.15, -0.1) is 0 Å². The molecule has 0 radical (unpaired) electrons. The van der Waals surface area contributed by atoms with Gasteiger partial charge >= 0.3 is 5.97 Å². The number of rotatable bonds is 4. The Kier molecular flexibility index (Phi) is 4.28. The van der Waals surface area contributed by atoms with Gasteiger partial charge in [-0.1, -0.05) is 0 Å². The first-order valence-electron chi connectivity index (χ1n) is 4.96. The highest BCUT2D eigenvalue weighted by atomic mass is 16.5. The lowest BCUT2D eigenvalue weighted by atomic mass is 10.3. The summed E-state index contributed by atoms with van der Waals surface area (Å²) in [4.78, 5) is 15.3. The number of nitrogens with one attached hydrogen (secondary N) is 1. The van der Waals surface area contributed by atoms with Gasteiger partial charge in [0.05, 0.1) is 12.2 Å². The first kappa shape index (κ1) is 12.0. The first-order valence-corrected chi connectivity index (χ1v) is 4.96. The number of hydrogen-bond acceptors (Lipinski definition) is 5. The van der Waals surface area contributed by atoms with Crippen LogP contribution in [0.2, 0.25) is 0 Å². The molecule has 0 aliphatic heterocycles. The molecule has 1 N–H and O–H groups in total. The third-order valence-corrected chi connectivity index (χ3v) is 1.90. The molecule has 0 aromatic carbocycles. The van der Waals surface area contributed by atoms with Gasteiger partial charge in [0.2, 0.25) is 0 Å². The SMILES string of the molecule is CCOC(=O)C(C)Nc1ccc(C#N)cn1. The van der Waals surface area contributed by atoms with Crippen LogP contribution in [0.3, 0.4) is 0 Å². The molecular weight excluding hydrogens is 206 g/mol. The predicted molar refractivity (Wildman–Crippen MR) is 58.7 cm³/mol. The van der Waals surface area contributed by atoms with E-state index in [4.69, 9.17) is 10.00 Å². The number of anilines is 1. The number of carbonyl (C=O) groups excluding carboxylic acids is 1. The van der Waals surface area contributed by atoms with Crippen molar-refractivity contribution in [2.45, 2.75) is 19.9 Å². The molecule has 5 nitrogen and oxygen atoms in total. The van der Waals surface area contributed by atoms with E-state index in [0.717, 1.165) is 0 Å². The Labute approximate surface area is 94.1 Å². The molecule has 16 heavy (non-hydrogen) atoms. The Balaban J connectivity index is 2.59. The zero-order valence-electron chi connectivity index (χ0n) is 9.23. The topological polar surface area (TPSA) is 75.0 Å². The smallest absolute Gasteiger partial charge is 0.328 e. The van der Waals surface area contributed by atoms with E-state index in [1.165, 1.54) is 6.20 Å². The summed E-state index contributed by atoms with van der Waals surface area (Å²) < 4.78 is 4.84. The van der Waals surface area contributed by atoms with Crippen molar-refractivity contribution in [1.29, 1.82) is 5.26 Å². The van der Waals surface area contributed by atoms with Crippen molar-refractivity contribution in [2.75, 3.05) is 11.9 Å². The van der Waals surface area contributed by atoms with E-state index in [-0.39, 0.29) is 5.97 Å². The standard InChI is InChI=1S/C11H13N3O2/c1-3-16-11(15)8(2)14-10-5-4-9(6-12)7-13-10/h4-5,7-8H,3H2,1-2H3,(H,13,14). The van der Waals surface area contributed by atoms with Gasteiger partial charge in [0.1, 0.15) is 17.9 Å². The van der Waals surface area contributed by atoms with Crippen molar-refractivity contribution in [3.63, 3.8) is 0 Å². The van der Waals surface area contributed by atoms with E-state index >= 15 is 0 Å². The van der Waals surface area contributed by atoms with E-state index in [0.29, 0.717) is 18.0 Å². The van der Waals surface area contributed by atoms with Crippen LogP contribution >= 0.6 is 0 Å². The monoisotopic (exact) mass is 219 g/mol. The molecule has 84 valence electrons. The summed E-state index contributed by atoms with van der Waals surface area (Å²) in [6.07, 6.45) is 1.44. The van der Waals surface area contributed by atoms with E-state index < -0.39 is 6.04 Å². The Bertz CT molecular complexity index is 395. The summed E-state index contributed by atoms with van der Waals surface area (Å²) in [5, 5.41) is 11.5. The van der Waals surface area contributed by atoms with E-state index in [2.05, 4.69) is 10.3 Å². The van der Waals surface area contributed by atoms with E-state index in [1.54, 1.807) is 26.0 Å². The van der Waals surface area contributed by atoms with Gasteiger partial charge in [-0.05, 0) is 26.0 Å². The van der Waals surface area contributed by atoms with Crippen molar-refractivity contribution in [1.82, 2.24) is 4.98 Å². The number of carbonyl (C=O) groups is 1. The highest BCUT2D eigenvalue weighted by molar-refractivity contribution is 5.78. The zero-order valence-corrected chi connectivity index (χ0v) is 9.23. The molecule has 5 heteroatoms. The average molecular weight is 219 g/mol. The Morgan fingerprint density at radius 1 is 1.69 bits per heavy atom. The fourth-order valence-corrected chi connectivity index (χ4v) is 1.09. The Hall–Kier alpha value is -2.09. The second-order valence-corrected chi connectivity index (χ2v) is 3.16. The summed E-state index contributed by atoms with van der Waals surface area (Å²) in [5.74, 6) is 0.216. The quantitative estimate of drug-likeness (QED) is 0.773. The van der Waals surface area contributed by atoms with Crippen LogP contribution in [0.5, 0.6) is 0 Å². The van der Waals surface area contributed by atoms with Crippen LogP contribution in [0.4, 0.5) is 5.82 Å². The van der Waals surface area contributed by atoms with Gasteiger partial charge in [-0.3, -0.25) is 0 Å². The van der Waals surface area contributed by atoms with Crippen LogP contribution in [0.25, 0.3) is 0 Å². The molecule has 0 fully saturated rings. The number of ether oxygens (including phenoxy) is 1. The highest BCUT2D eigenvalue weighted by Crippen LogP contribution is 2.06. The third kappa shape index (κ3) is 3.24. The van der Waals surface area contributed by atoms with E-state index in [1.807, 2.05) is 6.07 Å². The molecule has 0 aliphatic rings. The Morgan fingerprint density at radius 2 is 2.44 bits per heavy atom. The van der Waals surface area contributed by atoms with Gasteiger partial charge in [-0.2, -0.15) is 5.26 Å². The van der Waals surface area contributed by atoms with Gasteiger partial charge in [0.15, 0.2) is 0 Å². The lowest BCUT2D eigenvalue weighted by Crippen LogP contribution is -2.28. The van der Waals surface area contributed by atoms with Crippen molar-refractivity contribution in [3.05, 3.63) is 23.9 Å². The molecular formula is C11H13N3O2. The molecule has 0 amide bonds. The molecule has 1 heterocycles. The second-order valence-electron chi connectivity index (χ2n) is 3.16. The van der Waals surface area contributed by atoms with Crippen LogP contribution in [-0.4, -0.2) is 23.6 Å². The maximum Gasteiger partial charge on any atom is 0.328 e. The van der Waals surface area contributed by atoms with Crippen molar-refractivity contribution < 1.29 is 9.53 Å². The third-order valence-electron chi connectivity index (χ3n) is 1.90. The number of hydrogen-bond donors (Lipinski definition) is 1. The van der Waals surface area contributed by atoms with Crippen molar-refractivity contribution in [3.8, 4) is 6.07 Å². The molecule has 0 saturated heterocycles. The number of pyridine rings is 1. The minimum atomic E-state index is -0.458. The van der Waals surface area contributed by atoms with E-state index in [9.17, 15) is 4.79 Å². The summed E-state index contributed by atoms with van der Waals surface area (Å²) in [5.41, 5.74) is 0.481. The maximum absolute atomic E-state index is 11.3. The maximum atomic E-state index is 11.3. The highest BCUT2D eigenvalue weighted by Gasteiger charge is 2.13. The molecule has 0 spiro atoms. The van der Waals surface area contributed by atoms with Gasteiger partial charge in [0.25, 0.3) is 0 Å². The molecule has 1 rings (SSSR count). The van der Waals surface area contributed by atoms with Crippen LogP contribution in [0.1, 0.15) is 19.4 Å². The molecule has 1 unspecified atom stereocenters. The van der Waals surface area contributed by atoms with Gasteiger partial charge < -0.3 is 10.1 Å². The number of esters is 1. The van der Waals surface area contributed by atoms with Crippen molar-refractivity contribution >= 4 is 11.8 Å². The molecule has 0 bridgehead atoms. The number of nitriles is 1. The molecule has 1 aromatic rings. The van der Waals surface area contributed by atoms with Gasteiger partial charge in [0, 0.05) is 6.20 Å². The molecule has 0 saturated carbocycles. The molecule has 1 atom stereocenters. The van der Waals surface area contributed by atoms with Crippen molar-refractivity contribution in [2.24, 2.45) is 0 Å². The largest absolute Gasteiger partial charge is 0.464 e. The minimum Gasteiger partial charge on any atom is -0.464 e. The summed E-state index contributed by atoms with van der Waals surface area (Å²) >= 11 is 0. The Morgan fingerprint density at radius 3 is 2.94 bits per heavy atom. The van der Waals surface area contributed by atoms with Crippen LogP contribution in [-0.2, 0) is 9.53 Å². The average Bonchev–Trinajstić information content (AvgIpc) is 2.30. The number of aromatic nitrogens is 1. The normalized spacial score (nSPS) is 11.3. The first-order chi connectivity index (χ1) is 7.67. The minimum absolute atomic E-state index is 0.325.